The number of hydrogen-bond acceptors (Lipinski definition) is 10. The minimum Gasteiger partial charge on any atom is -0.462 e. The van der Waals surface area contributed by atoms with Crippen LogP contribution in [0.4, 0.5) is 0 Å². The Morgan fingerprint density at radius 3 is 1.44 bits per heavy atom. The van der Waals surface area contributed by atoms with Gasteiger partial charge in [-0.05, 0) is 32.1 Å². The van der Waals surface area contributed by atoms with Gasteiger partial charge in [0, 0.05) is 12.8 Å². The number of esters is 2. The maximum absolute atomic E-state index is 12.8. The van der Waals surface area contributed by atoms with E-state index >= 15 is 0 Å². The van der Waals surface area contributed by atoms with Crippen molar-refractivity contribution in [3.8, 4) is 0 Å². The van der Waals surface area contributed by atoms with Crippen LogP contribution < -0.4 is 0 Å². The Balaban J connectivity index is 2.22. The molecule has 0 radical (unpaired) electrons. The Kier molecular flexibility index (Phi) is 39.1. The van der Waals surface area contributed by atoms with Crippen LogP contribution >= 0.6 is 0 Å². The Labute approximate surface area is 372 Å². The van der Waals surface area contributed by atoms with Gasteiger partial charge in [0.2, 0.25) is 0 Å². The third-order valence-electron chi connectivity index (χ3n) is 11.6. The third kappa shape index (κ3) is 33.1. The van der Waals surface area contributed by atoms with Gasteiger partial charge < -0.3 is 39.4 Å². The molecule has 61 heavy (non-hydrogen) atoms. The monoisotopic (exact) mass is 865 g/mol. The quantitative estimate of drug-likeness (QED) is 0.0265. The van der Waals surface area contributed by atoms with E-state index in [0.29, 0.717) is 6.42 Å². The molecule has 0 spiro atoms. The number of allylic oxidation sites excluding steroid dienone is 6. The summed E-state index contributed by atoms with van der Waals surface area (Å²) in [6.07, 6.45) is 41.7. The van der Waals surface area contributed by atoms with Gasteiger partial charge in [0.1, 0.15) is 31.0 Å². The molecule has 0 aromatic carbocycles. The van der Waals surface area contributed by atoms with Crippen LogP contribution in [0.25, 0.3) is 0 Å². The molecule has 3 unspecified atom stereocenters. The summed E-state index contributed by atoms with van der Waals surface area (Å²) in [7, 11) is 0. The fourth-order valence-electron chi connectivity index (χ4n) is 7.66. The summed E-state index contributed by atoms with van der Waals surface area (Å²) < 4.78 is 22.2. The van der Waals surface area contributed by atoms with Crippen molar-refractivity contribution < 1.29 is 49.0 Å². The SMILES string of the molecule is CC/C=C/C=C/C=C/CCCCCCCC(=O)OC(COC(=O)CCCCCCCCCCCCCCCCCCCCCCCCC)CO[C@H]1O[C@@H](CO)[C@@H](O)C(O)C1O. The number of carbonyl (C=O) groups excluding carboxylic acids is 2. The number of rotatable bonds is 42. The molecule has 1 aliphatic heterocycles. The number of aliphatic hydroxyl groups excluding tert-OH is 4. The van der Waals surface area contributed by atoms with Crippen molar-refractivity contribution in [1.82, 2.24) is 0 Å². The summed E-state index contributed by atoms with van der Waals surface area (Å²) >= 11 is 0. The van der Waals surface area contributed by atoms with Crippen LogP contribution in [0.1, 0.15) is 219 Å². The zero-order valence-corrected chi connectivity index (χ0v) is 38.9. The molecule has 6 atom stereocenters. The molecule has 0 aliphatic carbocycles. The third-order valence-corrected chi connectivity index (χ3v) is 11.6. The summed E-state index contributed by atoms with van der Waals surface area (Å²) in [5.74, 6) is -0.823. The van der Waals surface area contributed by atoms with E-state index in [-0.39, 0.29) is 32.0 Å². The van der Waals surface area contributed by atoms with Crippen molar-refractivity contribution in [3.05, 3.63) is 36.5 Å². The second-order valence-corrected chi connectivity index (χ2v) is 17.3. The normalized spacial score (nSPS) is 20.0. The molecule has 0 aromatic rings. The highest BCUT2D eigenvalue weighted by molar-refractivity contribution is 5.70. The molecular weight excluding hydrogens is 773 g/mol. The number of ether oxygens (including phenoxy) is 4. The summed E-state index contributed by atoms with van der Waals surface area (Å²) in [5.41, 5.74) is 0. The number of unbranched alkanes of at least 4 members (excludes halogenated alkanes) is 27. The average Bonchev–Trinajstić information content (AvgIpc) is 3.26. The van der Waals surface area contributed by atoms with Crippen molar-refractivity contribution in [2.24, 2.45) is 0 Å². The molecule has 0 saturated carbocycles. The molecule has 1 fully saturated rings. The Morgan fingerprint density at radius 1 is 0.525 bits per heavy atom. The lowest BCUT2D eigenvalue weighted by atomic mass is 9.99. The predicted molar refractivity (Wildman–Crippen MR) is 247 cm³/mol. The standard InChI is InChI=1S/C51H92O10/c1-3-5-7-9-11-13-15-17-18-19-20-21-22-23-24-25-26-28-29-31-33-35-37-39-46(53)58-42-44(43-59-51-50(57)49(56)48(55)45(41-52)61-51)60-47(54)40-38-36-34-32-30-27-16-14-12-10-8-6-4-2/h6,8,10,12,14,16,44-45,48-52,55-57H,3-5,7,9,11,13,15,17-43H2,1-2H3/b8-6+,12-10+,16-14+/t44?,45-,48+,49?,50?,51-/m0/s1. The maximum Gasteiger partial charge on any atom is 0.306 e. The molecular formula is C51H92O10. The second-order valence-electron chi connectivity index (χ2n) is 17.3. The van der Waals surface area contributed by atoms with E-state index in [1.807, 2.05) is 18.2 Å². The molecule has 10 heteroatoms. The van der Waals surface area contributed by atoms with Crippen LogP contribution in [0.5, 0.6) is 0 Å². The van der Waals surface area contributed by atoms with E-state index < -0.39 is 49.4 Å². The van der Waals surface area contributed by atoms with Gasteiger partial charge in [-0.2, -0.15) is 0 Å². The van der Waals surface area contributed by atoms with E-state index in [1.54, 1.807) is 0 Å². The van der Waals surface area contributed by atoms with Gasteiger partial charge in [0.25, 0.3) is 0 Å². The van der Waals surface area contributed by atoms with Crippen molar-refractivity contribution in [2.75, 3.05) is 19.8 Å². The Hall–Kier alpha value is -2.08. The molecule has 1 heterocycles. The van der Waals surface area contributed by atoms with Crippen molar-refractivity contribution in [2.45, 2.75) is 256 Å². The molecule has 4 N–H and O–H groups in total. The number of hydrogen-bond donors (Lipinski definition) is 4. The Bertz CT molecular complexity index is 1090. The first-order valence-corrected chi connectivity index (χ1v) is 25.1. The predicted octanol–water partition coefficient (Wildman–Crippen LogP) is 11.4. The highest BCUT2D eigenvalue weighted by Crippen LogP contribution is 2.23. The summed E-state index contributed by atoms with van der Waals surface area (Å²) in [6.45, 7) is 3.29. The largest absolute Gasteiger partial charge is 0.462 e. The molecule has 356 valence electrons. The lowest BCUT2D eigenvalue weighted by Crippen LogP contribution is -2.59. The van der Waals surface area contributed by atoms with Crippen LogP contribution in [-0.2, 0) is 28.5 Å². The van der Waals surface area contributed by atoms with Gasteiger partial charge in [0.15, 0.2) is 12.4 Å². The molecule has 0 amide bonds. The summed E-state index contributed by atoms with van der Waals surface area (Å²) in [5, 5.41) is 40.1. The first kappa shape index (κ1) is 56.9. The van der Waals surface area contributed by atoms with Crippen LogP contribution in [-0.4, -0.2) is 89.0 Å². The highest BCUT2D eigenvalue weighted by Gasteiger charge is 2.44. The first-order chi connectivity index (χ1) is 29.8. The van der Waals surface area contributed by atoms with E-state index in [2.05, 4.69) is 32.1 Å². The smallest absolute Gasteiger partial charge is 0.306 e. The fraction of sp³-hybridized carbons (Fsp3) is 0.843. The van der Waals surface area contributed by atoms with Crippen molar-refractivity contribution in [1.29, 1.82) is 0 Å². The summed E-state index contributed by atoms with van der Waals surface area (Å²) in [4.78, 5) is 25.4. The lowest BCUT2D eigenvalue weighted by Gasteiger charge is -2.39. The van der Waals surface area contributed by atoms with E-state index in [1.165, 1.54) is 128 Å². The molecule has 10 nitrogen and oxygen atoms in total. The van der Waals surface area contributed by atoms with Gasteiger partial charge in [-0.1, -0.05) is 211 Å². The van der Waals surface area contributed by atoms with Gasteiger partial charge in [-0.3, -0.25) is 9.59 Å². The topological polar surface area (TPSA) is 152 Å². The van der Waals surface area contributed by atoms with Gasteiger partial charge in [-0.25, -0.2) is 0 Å². The van der Waals surface area contributed by atoms with Gasteiger partial charge in [0.05, 0.1) is 13.2 Å². The molecule has 0 aromatic heterocycles. The molecule has 1 aliphatic rings. The van der Waals surface area contributed by atoms with Crippen LogP contribution in [0.3, 0.4) is 0 Å². The first-order valence-electron chi connectivity index (χ1n) is 25.1. The highest BCUT2D eigenvalue weighted by atomic mass is 16.7. The zero-order chi connectivity index (χ0) is 44.4. The minimum atomic E-state index is -1.60. The van der Waals surface area contributed by atoms with E-state index in [0.717, 1.165) is 57.8 Å². The van der Waals surface area contributed by atoms with Gasteiger partial charge >= 0.3 is 11.9 Å². The minimum absolute atomic E-state index is 0.208. The molecule has 0 bridgehead atoms. The average molecular weight is 865 g/mol. The number of aliphatic hydroxyl groups is 4. The molecule has 1 rings (SSSR count). The van der Waals surface area contributed by atoms with Crippen molar-refractivity contribution in [3.63, 3.8) is 0 Å². The molecule has 1 saturated heterocycles. The fourth-order valence-corrected chi connectivity index (χ4v) is 7.66. The summed E-state index contributed by atoms with van der Waals surface area (Å²) in [6, 6.07) is 0. The van der Waals surface area contributed by atoms with E-state index in [9.17, 15) is 30.0 Å². The zero-order valence-electron chi connectivity index (χ0n) is 38.9. The van der Waals surface area contributed by atoms with Gasteiger partial charge in [-0.15, -0.1) is 0 Å². The Morgan fingerprint density at radius 2 is 0.967 bits per heavy atom. The lowest BCUT2D eigenvalue weighted by molar-refractivity contribution is -0.305. The van der Waals surface area contributed by atoms with E-state index in [4.69, 9.17) is 18.9 Å². The number of carbonyl (C=O) groups is 2. The van der Waals surface area contributed by atoms with Crippen LogP contribution in [0.15, 0.2) is 36.5 Å². The van der Waals surface area contributed by atoms with Crippen LogP contribution in [0, 0.1) is 0 Å². The van der Waals surface area contributed by atoms with Crippen LogP contribution in [0.2, 0.25) is 0 Å². The van der Waals surface area contributed by atoms with Crippen molar-refractivity contribution >= 4 is 11.9 Å². The maximum atomic E-state index is 12.8. The second kappa shape index (κ2) is 41.9.